The van der Waals surface area contributed by atoms with Crippen molar-refractivity contribution in [2.45, 2.75) is 25.3 Å². The average Bonchev–Trinajstić information content (AvgIpc) is 1.89. The first kappa shape index (κ1) is 7.47. The Bertz CT molecular complexity index is 107. The molecular formula is C6H10INO. The Labute approximate surface area is 69.1 Å². The van der Waals surface area contributed by atoms with Gasteiger partial charge < -0.3 is 4.79 Å². The molecular weight excluding hydrogens is 229 g/mol. The highest BCUT2D eigenvalue weighted by Gasteiger charge is 2.18. The van der Waals surface area contributed by atoms with Crippen LogP contribution < -0.4 is 0 Å². The summed E-state index contributed by atoms with van der Waals surface area (Å²) in [4.78, 5) is 10.3. The van der Waals surface area contributed by atoms with Crippen LogP contribution in [0.2, 0.25) is 0 Å². The van der Waals surface area contributed by atoms with Gasteiger partial charge in [-0.15, -0.1) is 0 Å². The maximum Gasteiger partial charge on any atom is 0.137 e. The third-order valence-electron chi connectivity index (χ3n) is 1.64. The summed E-state index contributed by atoms with van der Waals surface area (Å²) in [5.74, 6) is 0. The van der Waals surface area contributed by atoms with Crippen LogP contribution in [0.1, 0.15) is 19.3 Å². The molecule has 0 N–H and O–H groups in total. The van der Waals surface area contributed by atoms with Gasteiger partial charge in [0.2, 0.25) is 0 Å². The molecule has 0 aliphatic carbocycles. The molecule has 0 amide bonds. The summed E-state index contributed by atoms with van der Waals surface area (Å²) in [6, 6.07) is 0.194. The Kier molecular flexibility index (Phi) is 2.91. The predicted molar refractivity (Wildman–Crippen MR) is 44.4 cm³/mol. The molecule has 1 heterocycles. The van der Waals surface area contributed by atoms with Crippen LogP contribution in [-0.4, -0.2) is 22.0 Å². The molecule has 1 fully saturated rings. The van der Waals surface area contributed by atoms with Crippen molar-refractivity contribution in [2.75, 3.05) is 6.54 Å². The maximum atomic E-state index is 10.3. The van der Waals surface area contributed by atoms with Gasteiger partial charge in [0.15, 0.2) is 0 Å². The van der Waals surface area contributed by atoms with E-state index in [2.05, 4.69) is 26.0 Å². The minimum Gasteiger partial charge on any atom is -0.302 e. The van der Waals surface area contributed by atoms with Crippen LogP contribution in [0, 0.1) is 0 Å². The molecule has 0 radical (unpaired) electrons. The second-order valence-corrected chi connectivity index (χ2v) is 3.56. The van der Waals surface area contributed by atoms with E-state index in [-0.39, 0.29) is 6.04 Å². The topological polar surface area (TPSA) is 20.3 Å². The number of hydrogen-bond donors (Lipinski definition) is 0. The monoisotopic (exact) mass is 239 g/mol. The molecule has 0 aromatic rings. The molecule has 1 atom stereocenters. The number of carbonyl (C=O) groups is 1. The average molecular weight is 239 g/mol. The van der Waals surface area contributed by atoms with Crippen molar-refractivity contribution in [3.05, 3.63) is 0 Å². The SMILES string of the molecule is O=C[C@@H]1CCCCN1I. The quantitative estimate of drug-likeness (QED) is 0.391. The Morgan fingerprint density at radius 2 is 2.33 bits per heavy atom. The lowest BCUT2D eigenvalue weighted by Gasteiger charge is -2.25. The second kappa shape index (κ2) is 3.51. The van der Waals surface area contributed by atoms with E-state index in [0.29, 0.717) is 0 Å². The van der Waals surface area contributed by atoms with Crippen LogP contribution in [0.4, 0.5) is 0 Å². The lowest BCUT2D eigenvalue weighted by molar-refractivity contribution is -0.111. The largest absolute Gasteiger partial charge is 0.302 e. The maximum absolute atomic E-state index is 10.3. The molecule has 0 unspecified atom stereocenters. The van der Waals surface area contributed by atoms with E-state index in [0.717, 1.165) is 19.3 Å². The molecule has 0 aromatic heterocycles. The zero-order chi connectivity index (χ0) is 6.69. The van der Waals surface area contributed by atoms with Crippen molar-refractivity contribution in [2.24, 2.45) is 0 Å². The van der Waals surface area contributed by atoms with Crippen molar-refractivity contribution in [3.63, 3.8) is 0 Å². The lowest BCUT2D eigenvalue weighted by atomic mass is 10.1. The Balaban J connectivity index is 2.38. The molecule has 1 aliphatic rings. The number of aldehydes is 1. The minimum absolute atomic E-state index is 0.194. The smallest absolute Gasteiger partial charge is 0.137 e. The van der Waals surface area contributed by atoms with Gasteiger partial charge in [-0.1, -0.05) is 6.42 Å². The third-order valence-corrected chi connectivity index (χ3v) is 2.84. The highest BCUT2D eigenvalue weighted by molar-refractivity contribution is 14.1. The fourth-order valence-electron chi connectivity index (χ4n) is 1.06. The highest BCUT2D eigenvalue weighted by atomic mass is 127. The molecule has 0 spiro atoms. The van der Waals surface area contributed by atoms with Crippen LogP contribution in [0.25, 0.3) is 0 Å². The van der Waals surface area contributed by atoms with Crippen molar-refractivity contribution in [3.8, 4) is 0 Å². The molecule has 0 bridgehead atoms. The number of carbonyl (C=O) groups excluding carboxylic acids is 1. The Morgan fingerprint density at radius 1 is 1.56 bits per heavy atom. The van der Waals surface area contributed by atoms with Crippen molar-refractivity contribution >= 4 is 29.2 Å². The number of halogens is 1. The van der Waals surface area contributed by atoms with E-state index in [4.69, 9.17) is 0 Å². The first-order chi connectivity index (χ1) is 4.34. The zero-order valence-corrected chi connectivity index (χ0v) is 7.37. The number of rotatable bonds is 1. The number of hydrogen-bond acceptors (Lipinski definition) is 2. The van der Waals surface area contributed by atoms with Crippen LogP contribution in [-0.2, 0) is 4.79 Å². The van der Waals surface area contributed by atoms with Gasteiger partial charge >= 0.3 is 0 Å². The van der Waals surface area contributed by atoms with Gasteiger partial charge in [0, 0.05) is 29.4 Å². The van der Waals surface area contributed by atoms with Gasteiger partial charge in [0.1, 0.15) is 6.29 Å². The fourth-order valence-corrected chi connectivity index (χ4v) is 1.81. The van der Waals surface area contributed by atoms with Gasteiger partial charge in [-0.2, -0.15) is 0 Å². The van der Waals surface area contributed by atoms with E-state index in [1.807, 2.05) is 0 Å². The lowest BCUT2D eigenvalue weighted by Crippen LogP contribution is -2.32. The van der Waals surface area contributed by atoms with E-state index >= 15 is 0 Å². The summed E-state index contributed by atoms with van der Waals surface area (Å²) >= 11 is 2.22. The van der Waals surface area contributed by atoms with Gasteiger partial charge in [-0.05, 0) is 12.8 Å². The summed E-state index contributed by atoms with van der Waals surface area (Å²) < 4.78 is 2.09. The van der Waals surface area contributed by atoms with Gasteiger partial charge in [0.25, 0.3) is 0 Å². The second-order valence-electron chi connectivity index (χ2n) is 2.32. The molecule has 52 valence electrons. The van der Waals surface area contributed by atoms with Crippen LogP contribution in [0.3, 0.4) is 0 Å². The van der Waals surface area contributed by atoms with E-state index in [9.17, 15) is 4.79 Å². The van der Waals surface area contributed by atoms with Gasteiger partial charge in [0.05, 0.1) is 6.04 Å². The molecule has 1 aliphatic heterocycles. The van der Waals surface area contributed by atoms with Crippen LogP contribution in [0.15, 0.2) is 0 Å². The Hall–Kier alpha value is 0.360. The predicted octanol–water partition coefficient (Wildman–Crippen LogP) is 1.39. The fraction of sp³-hybridized carbons (Fsp3) is 0.833. The normalized spacial score (nSPS) is 30.1. The molecule has 1 rings (SSSR count). The van der Waals surface area contributed by atoms with Crippen molar-refractivity contribution < 1.29 is 4.79 Å². The first-order valence-electron chi connectivity index (χ1n) is 3.22. The molecule has 3 heteroatoms. The Morgan fingerprint density at radius 3 is 2.78 bits per heavy atom. The molecule has 0 saturated carbocycles. The molecule has 0 aromatic carbocycles. The minimum atomic E-state index is 0.194. The van der Waals surface area contributed by atoms with E-state index < -0.39 is 0 Å². The summed E-state index contributed by atoms with van der Waals surface area (Å²) in [7, 11) is 0. The summed E-state index contributed by atoms with van der Waals surface area (Å²) in [5, 5.41) is 0. The van der Waals surface area contributed by atoms with E-state index in [1.165, 1.54) is 12.8 Å². The van der Waals surface area contributed by atoms with Crippen LogP contribution in [0.5, 0.6) is 0 Å². The third kappa shape index (κ3) is 1.89. The first-order valence-corrected chi connectivity index (χ1v) is 4.19. The van der Waals surface area contributed by atoms with Gasteiger partial charge in [-0.25, -0.2) is 3.11 Å². The number of piperidine rings is 1. The summed E-state index contributed by atoms with van der Waals surface area (Å²) in [5.41, 5.74) is 0. The number of nitrogens with zero attached hydrogens (tertiary/aromatic N) is 1. The standard InChI is InChI=1S/C6H10INO/c7-8-4-2-1-3-6(8)5-9/h5-6H,1-4H2/t6-/m0/s1. The molecule has 2 nitrogen and oxygen atoms in total. The van der Waals surface area contributed by atoms with E-state index in [1.54, 1.807) is 0 Å². The zero-order valence-electron chi connectivity index (χ0n) is 5.22. The highest BCUT2D eigenvalue weighted by Crippen LogP contribution is 2.18. The summed E-state index contributed by atoms with van der Waals surface area (Å²) in [6.45, 7) is 1.07. The van der Waals surface area contributed by atoms with Crippen molar-refractivity contribution in [1.82, 2.24) is 3.11 Å². The van der Waals surface area contributed by atoms with Crippen LogP contribution >= 0.6 is 22.9 Å². The summed E-state index contributed by atoms with van der Waals surface area (Å²) in [6.07, 6.45) is 4.55. The molecule has 1 saturated heterocycles. The van der Waals surface area contributed by atoms with Gasteiger partial charge in [-0.3, -0.25) is 0 Å². The molecule has 9 heavy (non-hydrogen) atoms. The van der Waals surface area contributed by atoms with Crippen molar-refractivity contribution in [1.29, 1.82) is 0 Å².